The van der Waals surface area contributed by atoms with Crippen LogP contribution in [0.4, 0.5) is 0 Å². The molecule has 4 aromatic rings. The molecule has 0 atom stereocenters. The maximum atomic E-state index is 13.0. The van der Waals surface area contributed by atoms with E-state index in [1.807, 2.05) is 31.2 Å². The van der Waals surface area contributed by atoms with Gasteiger partial charge < -0.3 is 23.9 Å². The second kappa shape index (κ2) is 10.8. The first kappa shape index (κ1) is 24.5. The van der Waals surface area contributed by atoms with Crippen molar-refractivity contribution in [2.75, 3.05) is 26.9 Å². The number of aromatic nitrogens is 2. The highest BCUT2D eigenvalue weighted by Crippen LogP contribution is 2.40. The zero-order valence-corrected chi connectivity index (χ0v) is 21.8. The fourth-order valence-electron chi connectivity index (χ4n) is 4.44. The molecule has 1 N–H and O–H groups in total. The van der Waals surface area contributed by atoms with Gasteiger partial charge in [-0.05, 0) is 62.4 Å². The number of halogens is 1. The lowest BCUT2D eigenvalue weighted by atomic mass is 9.97. The number of nitrogens with one attached hydrogen (secondary N) is 1. The first-order valence-corrected chi connectivity index (χ1v) is 13.2. The third-order valence-corrected chi connectivity index (χ3v) is 7.53. The topological polar surface area (TPSA) is 82.7 Å². The van der Waals surface area contributed by atoms with Crippen LogP contribution >= 0.6 is 22.9 Å². The molecule has 2 aromatic carbocycles. The van der Waals surface area contributed by atoms with Crippen LogP contribution < -0.4 is 24.5 Å². The number of benzene rings is 2. The maximum absolute atomic E-state index is 13.0. The summed E-state index contributed by atoms with van der Waals surface area (Å²) >= 11 is 8.24. The van der Waals surface area contributed by atoms with Crippen LogP contribution in [0.3, 0.4) is 0 Å². The minimum Gasteiger partial charge on any atom is -0.493 e. The van der Waals surface area contributed by atoms with E-state index in [0.717, 1.165) is 41.5 Å². The number of aromatic amines is 1. The first-order chi connectivity index (χ1) is 17.6. The normalized spacial score (nSPS) is 12.9. The summed E-state index contributed by atoms with van der Waals surface area (Å²) in [6.07, 6.45) is 4.22. The molecular weight excluding hydrogens is 500 g/mol. The lowest BCUT2D eigenvalue weighted by molar-refractivity contribution is 0.204. The van der Waals surface area contributed by atoms with Crippen molar-refractivity contribution in [2.45, 2.75) is 32.6 Å². The van der Waals surface area contributed by atoms with Crippen LogP contribution in [0, 0.1) is 0 Å². The third kappa shape index (κ3) is 4.88. The predicted octanol–water partition coefficient (Wildman–Crippen LogP) is 6.05. The van der Waals surface area contributed by atoms with E-state index in [4.69, 9.17) is 35.5 Å². The summed E-state index contributed by atoms with van der Waals surface area (Å²) in [5.74, 6) is 2.64. The van der Waals surface area contributed by atoms with Gasteiger partial charge in [0, 0.05) is 10.4 Å². The number of methoxy groups -OCH3 is 1. The van der Waals surface area contributed by atoms with E-state index < -0.39 is 0 Å². The molecule has 1 aliphatic rings. The van der Waals surface area contributed by atoms with E-state index in [9.17, 15) is 4.79 Å². The predicted molar refractivity (Wildman–Crippen MR) is 142 cm³/mol. The van der Waals surface area contributed by atoms with Gasteiger partial charge in [-0.2, -0.15) is 0 Å². The Morgan fingerprint density at radius 2 is 1.81 bits per heavy atom. The monoisotopic (exact) mass is 526 g/mol. The second-order valence-electron chi connectivity index (χ2n) is 8.37. The second-order valence-corrected chi connectivity index (χ2v) is 9.86. The van der Waals surface area contributed by atoms with Crippen molar-refractivity contribution in [3.05, 3.63) is 62.2 Å². The molecule has 5 rings (SSSR count). The SMILES string of the molecule is CCOc1cc(-c2nc3sc4c(c3c(=O)[nH]2)CCCC4)cc(Cl)c1OCCOc1ccccc1OC. The highest BCUT2D eigenvalue weighted by atomic mass is 35.5. The van der Waals surface area contributed by atoms with Gasteiger partial charge in [-0.3, -0.25) is 4.79 Å². The molecule has 2 heterocycles. The van der Waals surface area contributed by atoms with Gasteiger partial charge in [0.1, 0.15) is 23.9 Å². The van der Waals surface area contributed by atoms with Crippen LogP contribution in [0.2, 0.25) is 5.02 Å². The number of fused-ring (bicyclic) bond motifs is 3. The number of hydrogen-bond acceptors (Lipinski definition) is 7. The molecule has 0 saturated carbocycles. The highest BCUT2D eigenvalue weighted by molar-refractivity contribution is 7.18. The number of H-pyrrole nitrogens is 1. The Bertz CT molecular complexity index is 1450. The fourth-order valence-corrected chi connectivity index (χ4v) is 5.97. The Labute approximate surface area is 218 Å². The summed E-state index contributed by atoms with van der Waals surface area (Å²) in [5.41, 5.74) is 1.71. The van der Waals surface area contributed by atoms with Crippen molar-refractivity contribution in [2.24, 2.45) is 0 Å². The van der Waals surface area contributed by atoms with Gasteiger partial charge in [0.15, 0.2) is 23.0 Å². The van der Waals surface area contributed by atoms with E-state index in [2.05, 4.69) is 4.98 Å². The average molecular weight is 527 g/mol. The Kier molecular flexibility index (Phi) is 7.34. The van der Waals surface area contributed by atoms with Gasteiger partial charge in [-0.1, -0.05) is 23.7 Å². The molecule has 188 valence electrons. The molecule has 0 bridgehead atoms. The summed E-state index contributed by atoms with van der Waals surface area (Å²) in [6, 6.07) is 11.0. The van der Waals surface area contributed by atoms with Crippen molar-refractivity contribution in [3.8, 4) is 34.4 Å². The number of nitrogens with zero attached hydrogens (tertiary/aromatic N) is 1. The van der Waals surface area contributed by atoms with Gasteiger partial charge in [0.25, 0.3) is 5.56 Å². The van der Waals surface area contributed by atoms with E-state index in [1.165, 1.54) is 4.88 Å². The number of ether oxygens (including phenoxy) is 4. The number of hydrogen-bond donors (Lipinski definition) is 1. The Balaban J connectivity index is 1.39. The maximum Gasteiger partial charge on any atom is 0.260 e. The molecule has 9 heteroatoms. The van der Waals surface area contributed by atoms with Crippen LogP contribution in [-0.2, 0) is 12.8 Å². The van der Waals surface area contributed by atoms with Crippen LogP contribution in [-0.4, -0.2) is 36.9 Å². The molecule has 7 nitrogen and oxygen atoms in total. The Morgan fingerprint density at radius 3 is 2.61 bits per heavy atom. The first-order valence-electron chi connectivity index (χ1n) is 12.0. The summed E-state index contributed by atoms with van der Waals surface area (Å²) in [6.45, 7) is 2.85. The summed E-state index contributed by atoms with van der Waals surface area (Å²) in [4.78, 5) is 22.8. The lowest BCUT2D eigenvalue weighted by Gasteiger charge is -2.16. The summed E-state index contributed by atoms with van der Waals surface area (Å²) < 4.78 is 22.9. The van der Waals surface area contributed by atoms with Crippen molar-refractivity contribution < 1.29 is 18.9 Å². The molecule has 0 spiro atoms. The van der Waals surface area contributed by atoms with Gasteiger partial charge in [0.05, 0.1) is 24.1 Å². The average Bonchev–Trinajstić information content (AvgIpc) is 3.27. The lowest BCUT2D eigenvalue weighted by Crippen LogP contribution is -2.12. The minimum atomic E-state index is -0.114. The van der Waals surface area contributed by atoms with Gasteiger partial charge >= 0.3 is 0 Å². The molecule has 0 saturated heterocycles. The van der Waals surface area contributed by atoms with Crippen LogP contribution in [0.1, 0.15) is 30.2 Å². The molecule has 0 aliphatic heterocycles. The van der Waals surface area contributed by atoms with Gasteiger partial charge in [-0.15, -0.1) is 11.3 Å². The van der Waals surface area contributed by atoms with Gasteiger partial charge in [-0.25, -0.2) is 4.98 Å². The zero-order chi connectivity index (χ0) is 25.1. The molecule has 0 fully saturated rings. The summed E-state index contributed by atoms with van der Waals surface area (Å²) in [7, 11) is 1.60. The van der Waals surface area contributed by atoms with E-state index in [-0.39, 0.29) is 12.2 Å². The largest absolute Gasteiger partial charge is 0.493 e. The van der Waals surface area contributed by atoms with Crippen molar-refractivity contribution in [1.29, 1.82) is 0 Å². The standard InChI is InChI=1S/C27H27ClN2O5S/c1-3-33-21-15-16(25-29-26(31)23-17-8-4-7-11-22(17)36-27(23)30-25)14-18(28)24(21)35-13-12-34-20-10-6-5-9-19(20)32-2/h5-6,9-10,14-15H,3-4,7-8,11-13H2,1-2H3,(H,29,30,31). The number of aryl methyl sites for hydroxylation is 2. The van der Waals surface area contributed by atoms with E-state index >= 15 is 0 Å². The van der Waals surface area contributed by atoms with Crippen LogP contribution in [0.5, 0.6) is 23.0 Å². The number of thiophene rings is 1. The Morgan fingerprint density at radius 1 is 1.03 bits per heavy atom. The van der Waals surface area contributed by atoms with Crippen molar-refractivity contribution >= 4 is 33.2 Å². The molecular formula is C27H27ClN2O5S. The van der Waals surface area contributed by atoms with Crippen molar-refractivity contribution in [3.63, 3.8) is 0 Å². The van der Waals surface area contributed by atoms with Crippen LogP contribution in [0.25, 0.3) is 21.6 Å². The molecule has 0 radical (unpaired) electrons. The zero-order valence-electron chi connectivity index (χ0n) is 20.2. The summed E-state index contributed by atoms with van der Waals surface area (Å²) in [5, 5.41) is 1.09. The minimum absolute atomic E-state index is 0.114. The number of rotatable bonds is 9. The number of para-hydroxylation sites is 2. The molecule has 36 heavy (non-hydrogen) atoms. The van der Waals surface area contributed by atoms with E-state index in [1.54, 1.807) is 30.6 Å². The third-order valence-electron chi connectivity index (χ3n) is 6.06. The quantitative estimate of drug-likeness (QED) is 0.267. The smallest absolute Gasteiger partial charge is 0.260 e. The molecule has 2 aromatic heterocycles. The molecule has 1 aliphatic carbocycles. The molecule has 0 unspecified atom stereocenters. The van der Waals surface area contributed by atoms with Crippen molar-refractivity contribution in [1.82, 2.24) is 9.97 Å². The molecule has 0 amide bonds. The Hall–Kier alpha value is -3.23. The highest BCUT2D eigenvalue weighted by Gasteiger charge is 2.21. The van der Waals surface area contributed by atoms with Crippen LogP contribution in [0.15, 0.2) is 41.2 Å². The fraction of sp³-hybridized carbons (Fsp3) is 0.333. The van der Waals surface area contributed by atoms with Gasteiger partial charge in [0.2, 0.25) is 0 Å². The van der Waals surface area contributed by atoms with E-state index in [0.29, 0.717) is 52.6 Å².